The van der Waals surface area contributed by atoms with E-state index in [1.165, 1.54) is 6.07 Å². The zero-order valence-electron chi connectivity index (χ0n) is 12.9. The highest BCUT2D eigenvalue weighted by Gasteiger charge is 2.18. The third-order valence-corrected chi connectivity index (χ3v) is 3.28. The van der Waals surface area contributed by atoms with E-state index in [1.54, 1.807) is 18.3 Å². The van der Waals surface area contributed by atoms with Crippen LogP contribution in [0.25, 0.3) is 11.3 Å². The van der Waals surface area contributed by atoms with Crippen LogP contribution in [-0.2, 0) is 0 Å². The summed E-state index contributed by atoms with van der Waals surface area (Å²) in [4.78, 5) is 15.1. The van der Waals surface area contributed by atoms with Gasteiger partial charge in [-0.3, -0.25) is 10.1 Å². The Balaban J connectivity index is 2.16. The normalized spacial score (nSPS) is 10.7. The van der Waals surface area contributed by atoms with E-state index in [-0.39, 0.29) is 5.69 Å². The van der Waals surface area contributed by atoms with Crippen molar-refractivity contribution in [3.8, 4) is 17.0 Å². The van der Waals surface area contributed by atoms with Gasteiger partial charge in [-0.1, -0.05) is 44.2 Å². The molecule has 5 heteroatoms. The lowest BCUT2D eigenvalue weighted by Gasteiger charge is -2.08. The number of rotatable bonds is 7. The van der Waals surface area contributed by atoms with Crippen molar-refractivity contribution in [2.24, 2.45) is 5.92 Å². The van der Waals surface area contributed by atoms with E-state index < -0.39 is 4.92 Å². The van der Waals surface area contributed by atoms with E-state index in [4.69, 9.17) is 4.74 Å². The van der Waals surface area contributed by atoms with Gasteiger partial charge in [0.1, 0.15) is 11.4 Å². The first-order chi connectivity index (χ1) is 10.6. The molecule has 22 heavy (non-hydrogen) atoms. The van der Waals surface area contributed by atoms with Gasteiger partial charge >= 0.3 is 0 Å². The number of ether oxygens (including phenoxy) is 1. The molecule has 2 aromatic rings. The number of nitrogens with zero attached hydrogens (tertiary/aromatic N) is 2. The lowest BCUT2D eigenvalue weighted by atomic mass is 10.1. The molecule has 0 radical (unpaired) electrons. The number of hydrogen-bond acceptors (Lipinski definition) is 4. The van der Waals surface area contributed by atoms with Crippen molar-refractivity contribution in [2.45, 2.75) is 26.7 Å². The molecule has 0 bridgehead atoms. The predicted octanol–water partition coefficient (Wildman–Crippen LogP) is 4.47. The largest absolute Gasteiger partial charge is 0.492 e. The van der Waals surface area contributed by atoms with Crippen LogP contribution in [0.1, 0.15) is 26.7 Å². The first kappa shape index (κ1) is 15.9. The molecular formula is C17H20N2O3. The number of benzene rings is 1. The van der Waals surface area contributed by atoms with Crippen LogP contribution in [0.5, 0.6) is 5.75 Å². The summed E-state index contributed by atoms with van der Waals surface area (Å²) in [7, 11) is 0. The topological polar surface area (TPSA) is 65.3 Å². The number of pyridine rings is 1. The fraction of sp³-hybridized carbons (Fsp3) is 0.353. The molecular weight excluding hydrogens is 280 g/mol. The van der Waals surface area contributed by atoms with Gasteiger partial charge in [-0.15, -0.1) is 0 Å². The molecule has 0 aliphatic heterocycles. The van der Waals surface area contributed by atoms with Gasteiger partial charge in [0.05, 0.1) is 23.8 Å². The van der Waals surface area contributed by atoms with E-state index in [1.807, 2.05) is 18.2 Å². The Hall–Kier alpha value is -2.43. The Bertz CT molecular complexity index is 627. The van der Waals surface area contributed by atoms with Crippen molar-refractivity contribution in [1.29, 1.82) is 0 Å². The number of nitro groups is 1. The molecule has 0 spiro atoms. The van der Waals surface area contributed by atoms with Gasteiger partial charge in [-0.2, -0.15) is 0 Å². The minimum atomic E-state index is -0.420. The lowest BCUT2D eigenvalue weighted by Crippen LogP contribution is -2.02. The Morgan fingerprint density at radius 2 is 2.00 bits per heavy atom. The van der Waals surface area contributed by atoms with Crippen LogP contribution in [0.15, 0.2) is 42.6 Å². The molecule has 0 N–H and O–H groups in total. The summed E-state index contributed by atoms with van der Waals surface area (Å²) in [5.74, 6) is 1.06. The van der Waals surface area contributed by atoms with Crippen molar-refractivity contribution in [3.63, 3.8) is 0 Å². The highest BCUT2D eigenvalue weighted by molar-refractivity contribution is 5.70. The van der Waals surface area contributed by atoms with E-state index in [0.717, 1.165) is 18.4 Å². The molecule has 0 aliphatic rings. The molecule has 0 saturated carbocycles. The van der Waals surface area contributed by atoms with Gasteiger partial charge in [0.2, 0.25) is 0 Å². The van der Waals surface area contributed by atoms with E-state index in [0.29, 0.717) is 24.0 Å². The number of hydrogen-bond donors (Lipinski definition) is 0. The fourth-order valence-electron chi connectivity index (χ4n) is 2.15. The highest BCUT2D eigenvalue weighted by atomic mass is 16.6. The van der Waals surface area contributed by atoms with Crippen LogP contribution in [0.2, 0.25) is 0 Å². The molecule has 0 amide bonds. The maximum absolute atomic E-state index is 11.3. The molecule has 1 aromatic heterocycles. The van der Waals surface area contributed by atoms with Gasteiger partial charge in [0, 0.05) is 5.56 Å². The Kier molecular flexibility index (Phi) is 5.47. The van der Waals surface area contributed by atoms with Crippen LogP contribution < -0.4 is 4.74 Å². The van der Waals surface area contributed by atoms with Crippen molar-refractivity contribution in [1.82, 2.24) is 4.98 Å². The van der Waals surface area contributed by atoms with Crippen LogP contribution in [0.4, 0.5) is 5.69 Å². The van der Waals surface area contributed by atoms with Crippen molar-refractivity contribution in [3.05, 3.63) is 52.7 Å². The van der Waals surface area contributed by atoms with Gasteiger partial charge in [0.15, 0.2) is 0 Å². The van der Waals surface area contributed by atoms with Gasteiger partial charge in [-0.25, -0.2) is 4.98 Å². The predicted molar refractivity (Wildman–Crippen MR) is 85.9 cm³/mol. The standard InChI is InChI=1S/C17H20N2O3/c1-13(2)7-6-10-22-15-11-16(19(20)21)17(18-12-15)14-8-4-3-5-9-14/h3-5,8-9,11-13H,6-7,10H2,1-2H3. The molecule has 2 rings (SSSR count). The second kappa shape index (κ2) is 7.54. The highest BCUT2D eigenvalue weighted by Crippen LogP contribution is 2.30. The second-order valence-corrected chi connectivity index (χ2v) is 5.55. The quantitative estimate of drug-likeness (QED) is 0.430. The monoisotopic (exact) mass is 300 g/mol. The molecule has 0 atom stereocenters. The number of aromatic nitrogens is 1. The van der Waals surface area contributed by atoms with Crippen LogP contribution in [0, 0.1) is 16.0 Å². The average molecular weight is 300 g/mol. The Morgan fingerprint density at radius 1 is 1.27 bits per heavy atom. The third-order valence-electron chi connectivity index (χ3n) is 3.28. The molecule has 0 saturated heterocycles. The first-order valence-electron chi connectivity index (χ1n) is 7.40. The molecule has 0 aliphatic carbocycles. The molecule has 1 heterocycles. The summed E-state index contributed by atoms with van der Waals surface area (Å²) >= 11 is 0. The Morgan fingerprint density at radius 3 is 2.64 bits per heavy atom. The van der Waals surface area contributed by atoms with Crippen LogP contribution in [0.3, 0.4) is 0 Å². The van der Waals surface area contributed by atoms with Crippen molar-refractivity contribution < 1.29 is 9.66 Å². The zero-order chi connectivity index (χ0) is 15.9. The Labute approximate surface area is 130 Å². The SMILES string of the molecule is CC(C)CCCOc1cnc(-c2ccccc2)c([N+](=O)[O-])c1. The van der Waals surface area contributed by atoms with Crippen LogP contribution >= 0.6 is 0 Å². The van der Waals surface area contributed by atoms with Crippen molar-refractivity contribution in [2.75, 3.05) is 6.61 Å². The summed E-state index contributed by atoms with van der Waals surface area (Å²) in [5, 5.41) is 11.3. The molecule has 5 nitrogen and oxygen atoms in total. The average Bonchev–Trinajstić information content (AvgIpc) is 2.52. The molecule has 0 unspecified atom stereocenters. The summed E-state index contributed by atoms with van der Waals surface area (Å²) in [6.45, 7) is 4.85. The summed E-state index contributed by atoms with van der Waals surface area (Å²) in [6, 6.07) is 10.6. The minimum Gasteiger partial charge on any atom is -0.492 e. The van der Waals surface area contributed by atoms with Gasteiger partial charge in [-0.05, 0) is 18.8 Å². The third kappa shape index (κ3) is 4.28. The molecule has 116 valence electrons. The lowest BCUT2D eigenvalue weighted by molar-refractivity contribution is -0.384. The van der Waals surface area contributed by atoms with E-state index in [2.05, 4.69) is 18.8 Å². The fourth-order valence-corrected chi connectivity index (χ4v) is 2.15. The maximum Gasteiger partial charge on any atom is 0.299 e. The first-order valence-corrected chi connectivity index (χ1v) is 7.40. The summed E-state index contributed by atoms with van der Waals surface area (Å²) < 4.78 is 5.57. The summed E-state index contributed by atoms with van der Waals surface area (Å²) in [6.07, 6.45) is 3.54. The molecule has 1 aromatic carbocycles. The van der Waals surface area contributed by atoms with Crippen LogP contribution in [-0.4, -0.2) is 16.5 Å². The smallest absolute Gasteiger partial charge is 0.299 e. The summed E-state index contributed by atoms with van der Waals surface area (Å²) in [5.41, 5.74) is 1.05. The van der Waals surface area contributed by atoms with E-state index in [9.17, 15) is 10.1 Å². The van der Waals surface area contributed by atoms with Gasteiger partial charge < -0.3 is 4.74 Å². The minimum absolute atomic E-state index is 0.0347. The van der Waals surface area contributed by atoms with Gasteiger partial charge in [0.25, 0.3) is 5.69 Å². The maximum atomic E-state index is 11.3. The van der Waals surface area contributed by atoms with Crippen molar-refractivity contribution >= 4 is 5.69 Å². The second-order valence-electron chi connectivity index (χ2n) is 5.55. The molecule has 0 fully saturated rings. The zero-order valence-corrected chi connectivity index (χ0v) is 12.9. The van der Waals surface area contributed by atoms with E-state index >= 15 is 0 Å².